The second kappa shape index (κ2) is 3.23. The van der Waals surface area contributed by atoms with Gasteiger partial charge < -0.3 is 21.1 Å². The number of carbonyl (C=O) groups is 2. The number of hydrogen-bond donors (Lipinski definition) is 4. The van der Waals surface area contributed by atoms with Gasteiger partial charge in [-0.1, -0.05) is 0 Å². The van der Waals surface area contributed by atoms with Gasteiger partial charge in [-0.05, 0) is 13.0 Å². The van der Waals surface area contributed by atoms with Gasteiger partial charge in [0.15, 0.2) is 5.60 Å². The predicted octanol–water partition coefficient (Wildman–Crippen LogP) is -0.471. The van der Waals surface area contributed by atoms with Crippen molar-refractivity contribution in [3.63, 3.8) is 0 Å². The summed E-state index contributed by atoms with van der Waals surface area (Å²) in [6, 6.07) is 0. The monoisotopic (exact) mass is 215 g/mol. The molecule has 15 heavy (non-hydrogen) atoms. The van der Waals surface area contributed by atoms with Crippen LogP contribution in [0.3, 0.4) is 0 Å². The zero-order valence-electron chi connectivity index (χ0n) is 8.23. The zero-order chi connectivity index (χ0) is 11.9. The van der Waals surface area contributed by atoms with Crippen molar-refractivity contribution in [3.8, 4) is 0 Å². The summed E-state index contributed by atoms with van der Waals surface area (Å²) in [4.78, 5) is 21.7. The van der Waals surface area contributed by atoms with Gasteiger partial charge in [0.25, 0.3) is 0 Å². The highest BCUT2D eigenvalue weighted by molar-refractivity contribution is 5.83. The first kappa shape index (κ1) is 11.5. The van der Waals surface area contributed by atoms with Crippen LogP contribution < -0.4 is 5.73 Å². The number of carboxylic acids is 2. The molecule has 0 aromatic heterocycles. The minimum atomic E-state index is -2.09. The molecule has 5 N–H and O–H groups in total. The van der Waals surface area contributed by atoms with Crippen LogP contribution in [0.25, 0.3) is 0 Å². The van der Waals surface area contributed by atoms with Crippen molar-refractivity contribution in [2.45, 2.75) is 25.4 Å². The Labute approximate surface area is 86.0 Å². The summed E-state index contributed by atoms with van der Waals surface area (Å²) < 4.78 is 0. The Hall–Kier alpha value is -1.56. The van der Waals surface area contributed by atoms with Crippen molar-refractivity contribution < 1.29 is 24.9 Å². The number of aliphatic carboxylic acids is 2. The third kappa shape index (κ3) is 1.94. The Morgan fingerprint density at radius 2 is 1.93 bits per heavy atom. The van der Waals surface area contributed by atoms with Crippen LogP contribution >= 0.6 is 0 Å². The lowest BCUT2D eigenvalue weighted by Gasteiger charge is -2.35. The lowest BCUT2D eigenvalue weighted by molar-refractivity contribution is -0.166. The van der Waals surface area contributed by atoms with E-state index in [1.807, 2.05) is 0 Å². The predicted molar refractivity (Wildman–Crippen MR) is 49.8 cm³/mol. The van der Waals surface area contributed by atoms with Gasteiger partial charge in [-0.3, -0.25) is 4.79 Å². The van der Waals surface area contributed by atoms with Crippen molar-refractivity contribution in [2.75, 3.05) is 0 Å². The van der Waals surface area contributed by atoms with Gasteiger partial charge in [0.2, 0.25) is 0 Å². The molecule has 0 amide bonds. The summed E-state index contributed by atoms with van der Waals surface area (Å²) in [5.74, 6) is -2.66. The van der Waals surface area contributed by atoms with Crippen LogP contribution in [0.5, 0.6) is 0 Å². The summed E-state index contributed by atoms with van der Waals surface area (Å²) in [5.41, 5.74) is 1.99. The Morgan fingerprint density at radius 1 is 1.40 bits per heavy atom. The number of hydrogen-bond acceptors (Lipinski definition) is 4. The molecule has 84 valence electrons. The van der Waals surface area contributed by atoms with Gasteiger partial charge in [0.05, 0.1) is 5.41 Å². The second-order valence-corrected chi connectivity index (χ2v) is 4.13. The zero-order valence-corrected chi connectivity index (χ0v) is 8.23. The molecule has 6 heteroatoms. The minimum Gasteiger partial charge on any atom is -0.481 e. The normalized spacial score (nSPS) is 35.7. The van der Waals surface area contributed by atoms with Gasteiger partial charge in [0.1, 0.15) is 0 Å². The summed E-state index contributed by atoms with van der Waals surface area (Å²) in [6.45, 7) is 1.33. The average Bonchev–Trinajstić information content (AvgIpc) is 2.00. The highest BCUT2D eigenvalue weighted by Crippen LogP contribution is 2.38. The average molecular weight is 215 g/mol. The van der Waals surface area contributed by atoms with Crippen LogP contribution in [-0.2, 0) is 9.59 Å². The number of nitrogens with two attached hydrogens (primary N) is 1. The molecule has 0 spiro atoms. The Balaban J connectivity index is 3.14. The van der Waals surface area contributed by atoms with Crippen molar-refractivity contribution >= 4 is 11.9 Å². The fourth-order valence-electron chi connectivity index (χ4n) is 1.81. The Bertz CT molecular complexity index is 350. The van der Waals surface area contributed by atoms with Crippen molar-refractivity contribution in [1.29, 1.82) is 0 Å². The van der Waals surface area contributed by atoms with E-state index < -0.39 is 23.0 Å². The van der Waals surface area contributed by atoms with E-state index in [4.69, 9.17) is 15.9 Å². The molecule has 0 radical (unpaired) electrons. The maximum atomic E-state index is 10.9. The van der Waals surface area contributed by atoms with E-state index in [2.05, 4.69) is 0 Å². The smallest absolute Gasteiger partial charge is 0.336 e. The van der Waals surface area contributed by atoms with E-state index in [0.717, 1.165) is 0 Å². The molecule has 0 fully saturated rings. The van der Waals surface area contributed by atoms with Crippen LogP contribution in [0.1, 0.15) is 19.8 Å². The van der Waals surface area contributed by atoms with Crippen molar-refractivity contribution in [1.82, 2.24) is 0 Å². The third-order valence-corrected chi connectivity index (χ3v) is 2.55. The molecule has 0 saturated carbocycles. The standard InChI is InChI=1S/C9H13NO5/c1-8(6(11)12)2-5(10)3-9(15,4-8)7(13)14/h2,15H,3-4,10H2,1H3,(H,11,12)(H,13,14). The summed E-state index contributed by atoms with van der Waals surface area (Å²) in [7, 11) is 0. The second-order valence-electron chi connectivity index (χ2n) is 4.13. The maximum absolute atomic E-state index is 10.9. The van der Waals surface area contributed by atoms with Crippen LogP contribution in [0, 0.1) is 5.41 Å². The SMILES string of the molecule is CC1(C(=O)O)C=C(N)CC(O)(C(=O)O)C1. The third-order valence-electron chi connectivity index (χ3n) is 2.55. The first-order chi connectivity index (χ1) is 6.69. The first-order valence-corrected chi connectivity index (χ1v) is 4.36. The lowest BCUT2D eigenvalue weighted by atomic mass is 9.72. The largest absolute Gasteiger partial charge is 0.481 e. The van der Waals surface area contributed by atoms with Gasteiger partial charge in [-0.2, -0.15) is 0 Å². The molecule has 1 aliphatic carbocycles. The molecular weight excluding hydrogens is 202 g/mol. The quantitative estimate of drug-likeness (QED) is 0.494. The van der Waals surface area contributed by atoms with Crippen molar-refractivity contribution in [2.24, 2.45) is 11.1 Å². The number of aliphatic hydroxyl groups is 1. The van der Waals surface area contributed by atoms with Gasteiger partial charge >= 0.3 is 11.9 Å². The Kier molecular flexibility index (Phi) is 2.48. The molecule has 0 bridgehead atoms. The van der Waals surface area contributed by atoms with E-state index in [9.17, 15) is 14.7 Å². The van der Waals surface area contributed by atoms with Crippen LogP contribution in [0.4, 0.5) is 0 Å². The van der Waals surface area contributed by atoms with E-state index in [0.29, 0.717) is 0 Å². The molecule has 0 aliphatic heterocycles. The van der Waals surface area contributed by atoms with Crippen LogP contribution in [0.15, 0.2) is 11.8 Å². The maximum Gasteiger partial charge on any atom is 0.336 e. The fraction of sp³-hybridized carbons (Fsp3) is 0.556. The highest BCUT2D eigenvalue weighted by Gasteiger charge is 2.49. The minimum absolute atomic E-state index is 0.0797. The molecule has 1 rings (SSSR count). The van der Waals surface area contributed by atoms with Gasteiger partial charge in [-0.25, -0.2) is 4.79 Å². The van der Waals surface area contributed by atoms with Crippen LogP contribution in [-0.4, -0.2) is 32.9 Å². The summed E-state index contributed by atoms with van der Waals surface area (Å²) in [6.07, 6.45) is 0.656. The lowest BCUT2D eigenvalue weighted by Crippen LogP contribution is -2.49. The fourth-order valence-corrected chi connectivity index (χ4v) is 1.81. The molecule has 2 unspecified atom stereocenters. The van der Waals surface area contributed by atoms with Crippen molar-refractivity contribution in [3.05, 3.63) is 11.8 Å². The first-order valence-electron chi connectivity index (χ1n) is 4.36. The molecule has 1 aliphatic rings. The Morgan fingerprint density at radius 3 is 2.33 bits per heavy atom. The van der Waals surface area contributed by atoms with E-state index >= 15 is 0 Å². The summed E-state index contributed by atoms with van der Waals surface area (Å²) >= 11 is 0. The van der Waals surface area contributed by atoms with E-state index in [1.54, 1.807) is 0 Å². The van der Waals surface area contributed by atoms with Gasteiger partial charge in [-0.15, -0.1) is 0 Å². The number of rotatable bonds is 2. The van der Waals surface area contributed by atoms with E-state index in [-0.39, 0.29) is 18.5 Å². The molecule has 2 atom stereocenters. The molecule has 0 heterocycles. The van der Waals surface area contributed by atoms with Crippen LogP contribution in [0.2, 0.25) is 0 Å². The molecular formula is C9H13NO5. The van der Waals surface area contributed by atoms with E-state index in [1.165, 1.54) is 13.0 Å². The topological polar surface area (TPSA) is 121 Å². The molecule has 0 aromatic rings. The number of carboxylic acid groups (broad SMARTS) is 2. The highest BCUT2D eigenvalue weighted by atomic mass is 16.4. The molecule has 0 aromatic carbocycles. The molecule has 6 nitrogen and oxygen atoms in total. The van der Waals surface area contributed by atoms with Gasteiger partial charge in [0, 0.05) is 18.5 Å². The molecule has 0 saturated heterocycles. The summed E-state index contributed by atoms with van der Waals surface area (Å²) in [5, 5.41) is 27.4.